The van der Waals surface area contributed by atoms with Gasteiger partial charge in [-0.05, 0) is 24.8 Å². The number of hydrogen-bond donors (Lipinski definition) is 2. The first kappa shape index (κ1) is 15.5. The molecule has 0 radical (unpaired) electrons. The lowest BCUT2D eigenvalue weighted by molar-refractivity contribution is -0.149. The Bertz CT molecular complexity index is 486. The van der Waals surface area contributed by atoms with Crippen molar-refractivity contribution in [3.8, 4) is 0 Å². The minimum absolute atomic E-state index is 0.0462. The van der Waals surface area contributed by atoms with Gasteiger partial charge < -0.3 is 10.4 Å². The molecule has 0 aliphatic heterocycles. The average molecular weight is 289 g/mol. The number of aliphatic carboxylic acids is 1. The summed E-state index contributed by atoms with van der Waals surface area (Å²) in [7, 11) is 0. The van der Waals surface area contributed by atoms with Gasteiger partial charge in [-0.3, -0.25) is 9.59 Å². The molecule has 114 valence electrons. The summed E-state index contributed by atoms with van der Waals surface area (Å²) < 4.78 is 0. The van der Waals surface area contributed by atoms with Gasteiger partial charge >= 0.3 is 5.97 Å². The Labute approximate surface area is 125 Å². The van der Waals surface area contributed by atoms with Gasteiger partial charge in [0, 0.05) is 0 Å². The molecule has 1 unspecified atom stereocenters. The van der Waals surface area contributed by atoms with Crippen molar-refractivity contribution >= 4 is 11.9 Å². The van der Waals surface area contributed by atoms with Crippen molar-refractivity contribution < 1.29 is 14.7 Å². The minimum atomic E-state index is -0.845. The molecule has 0 heterocycles. The predicted molar refractivity (Wildman–Crippen MR) is 80.7 cm³/mol. The molecule has 1 aliphatic carbocycles. The largest absolute Gasteiger partial charge is 0.481 e. The maximum atomic E-state index is 12.5. The molecule has 1 fully saturated rings. The summed E-state index contributed by atoms with van der Waals surface area (Å²) in [5.41, 5.74) is 1.07. The Kier molecular flexibility index (Phi) is 5.37. The van der Waals surface area contributed by atoms with Crippen molar-refractivity contribution in [3.05, 3.63) is 35.9 Å². The van der Waals surface area contributed by atoms with Crippen LogP contribution in [0.15, 0.2) is 30.3 Å². The van der Waals surface area contributed by atoms with Gasteiger partial charge in [-0.1, -0.05) is 50.1 Å². The van der Waals surface area contributed by atoms with E-state index in [9.17, 15) is 14.7 Å². The number of carboxylic acid groups (broad SMARTS) is 1. The van der Waals surface area contributed by atoms with Crippen LogP contribution in [-0.4, -0.2) is 17.0 Å². The van der Waals surface area contributed by atoms with E-state index in [-0.39, 0.29) is 11.9 Å². The van der Waals surface area contributed by atoms with Crippen LogP contribution in [0.5, 0.6) is 0 Å². The predicted octanol–water partition coefficient (Wildman–Crippen LogP) is 3.14. The van der Waals surface area contributed by atoms with Gasteiger partial charge in [-0.2, -0.15) is 0 Å². The molecule has 1 amide bonds. The standard InChI is InChI=1S/C17H23NO3/c1-2-15(12-8-4-3-5-9-12)18-16(19)13-10-6-7-11-14(13)17(20)21/h3-5,8-9,13-15H,2,6-7,10-11H2,1H3,(H,18,19)(H,20,21)/t13-,14+,15?/m1/s1. The molecule has 21 heavy (non-hydrogen) atoms. The van der Waals surface area contributed by atoms with Crippen LogP contribution in [0.3, 0.4) is 0 Å². The molecule has 4 nitrogen and oxygen atoms in total. The molecule has 0 spiro atoms. The van der Waals surface area contributed by atoms with Crippen LogP contribution >= 0.6 is 0 Å². The van der Waals surface area contributed by atoms with E-state index in [2.05, 4.69) is 5.32 Å². The van der Waals surface area contributed by atoms with E-state index in [1.807, 2.05) is 37.3 Å². The molecule has 0 saturated heterocycles. The Morgan fingerprint density at radius 3 is 2.38 bits per heavy atom. The van der Waals surface area contributed by atoms with E-state index < -0.39 is 17.8 Å². The lowest BCUT2D eigenvalue weighted by Crippen LogP contribution is -2.41. The Hall–Kier alpha value is -1.84. The van der Waals surface area contributed by atoms with Crippen LogP contribution in [0, 0.1) is 11.8 Å². The third kappa shape index (κ3) is 3.84. The fourth-order valence-corrected chi connectivity index (χ4v) is 3.13. The summed E-state index contributed by atoms with van der Waals surface area (Å²) in [6, 6.07) is 9.78. The second-order valence-corrected chi connectivity index (χ2v) is 5.72. The molecule has 2 rings (SSSR count). The molecule has 2 N–H and O–H groups in total. The Morgan fingerprint density at radius 2 is 1.81 bits per heavy atom. The number of amides is 1. The van der Waals surface area contributed by atoms with E-state index in [1.165, 1.54) is 0 Å². The van der Waals surface area contributed by atoms with Gasteiger partial charge in [0.15, 0.2) is 0 Å². The van der Waals surface area contributed by atoms with Crippen LogP contribution < -0.4 is 5.32 Å². The number of carbonyl (C=O) groups excluding carboxylic acids is 1. The summed E-state index contributed by atoms with van der Waals surface area (Å²) in [5.74, 6) is -1.89. The summed E-state index contributed by atoms with van der Waals surface area (Å²) in [4.78, 5) is 23.8. The summed E-state index contributed by atoms with van der Waals surface area (Å²) in [5, 5.41) is 12.3. The molecule has 1 aromatic carbocycles. The molecule has 4 heteroatoms. The SMILES string of the molecule is CCC(NC(=O)[C@@H]1CCCC[C@@H]1C(=O)O)c1ccccc1. The third-order valence-electron chi connectivity index (χ3n) is 4.35. The lowest BCUT2D eigenvalue weighted by atomic mass is 9.78. The Morgan fingerprint density at radius 1 is 1.19 bits per heavy atom. The second kappa shape index (κ2) is 7.25. The molecule has 3 atom stereocenters. The zero-order valence-electron chi connectivity index (χ0n) is 12.4. The first-order chi connectivity index (χ1) is 10.1. The zero-order valence-corrected chi connectivity index (χ0v) is 12.4. The minimum Gasteiger partial charge on any atom is -0.481 e. The summed E-state index contributed by atoms with van der Waals surface area (Å²) in [6.45, 7) is 2.02. The third-order valence-corrected chi connectivity index (χ3v) is 4.35. The van der Waals surface area contributed by atoms with Crippen LogP contribution in [0.25, 0.3) is 0 Å². The smallest absolute Gasteiger partial charge is 0.307 e. The average Bonchev–Trinajstić information content (AvgIpc) is 2.53. The topological polar surface area (TPSA) is 66.4 Å². The number of rotatable bonds is 5. The van der Waals surface area contributed by atoms with Crippen LogP contribution in [0.1, 0.15) is 50.6 Å². The highest BCUT2D eigenvalue weighted by Crippen LogP contribution is 2.31. The summed E-state index contributed by atoms with van der Waals surface area (Å²) in [6.07, 6.45) is 3.91. The first-order valence-electron chi connectivity index (χ1n) is 7.71. The van der Waals surface area contributed by atoms with Crippen LogP contribution in [-0.2, 0) is 9.59 Å². The van der Waals surface area contributed by atoms with E-state index in [1.54, 1.807) is 0 Å². The fraction of sp³-hybridized carbons (Fsp3) is 0.529. The maximum absolute atomic E-state index is 12.5. The van der Waals surface area contributed by atoms with Crippen LogP contribution in [0.2, 0.25) is 0 Å². The van der Waals surface area contributed by atoms with Crippen molar-refractivity contribution in [1.82, 2.24) is 5.32 Å². The number of hydrogen-bond acceptors (Lipinski definition) is 2. The highest BCUT2D eigenvalue weighted by Gasteiger charge is 2.36. The highest BCUT2D eigenvalue weighted by atomic mass is 16.4. The second-order valence-electron chi connectivity index (χ2n) is 5.72. The quantitative estimate of drug-likeness (QED) is 0.875. The molecule has 0 aromatic heterocycles. The van der Waals surface area contributed by atoms with Gasteiger partial charge in [0.25, 0.3) is 0 Å². The van der Waals surface area contributed by atoms with Crippen LogP contribution in [0.4, 0.5) is 0 Å². The Balaban J connectivity index is 2.06. The summed E-state index contributed by atoms with van der Waals surface area (Å²) >= 11 is 0. The van der Waals surface area contributed by atoms with Crippen molar-refractivity contribution in [2.45, 2.75) is 45.1 Å². The van der Waals surface area contributed by atoms with Crippen molar-refractivity contribution in [2.24, 2.45) is 11.8 Å². The van der Waals surface area contributed by atoms with Gasteiger partial charge in [0.1, 0.15) is 0 Å². The molecular weight excluding hydrogens is 266 g/mol. The number of benzene rings is 1. The number of carboxylic acids is 1. The van der Waals surface area contributed by atoms with E-state index in [4.69, 9.17) is 0 Å². The van der Waals surface area contributed by atoms with Gasteiger partial charge in [0.2, 0.25) is 5.91 Å². The van der Waals surface area contributed by atoms with E-state index in [0.29, 0.717) is 12.8 Å². The molecule has 1 saturated carbocycles. The molecule has 1 aromatic rings. The van der Waals surface area contributed by atoms with Crippen molar-refractivity contribution in [2.75, 3.05) is 0 Å². The zero-order chi connectivity index (χ0) is 15.2. The fourth-order valence-electron chi connectivity index (χ4n) is 3.13. The monoisotopic (exact) mass is 289 g/mol. The van der Waals surface area contributed by atoms with Crippen molar-refractivity contribution in [3.63, 3.8) is 0 Å². The maximum Gasteiger partial charge on any atom is 0.307 e. The first-order valence-corrected chi connectivity index (χ1v) is 7.71. The normalized spacial score (nSPS) is 23.3. The van der Waals surface area contributed by atoms with Gasteiger partial charge in [-0.15, -0.1) is 0 Å². The highest BCUT2D eigenvalue weighted by molar-refractivity contribution is 5.85. The lowest BCUT2D eigenvalue weighted by Gasteiger charge is -2.29. The van der Waals surface area contributed by atoms with Gasteiger partial charge in [0.05, 0.1) is 17.9 Å². The molecule has 0 bridgehead atoms. The molecule has 1 aliphatic rings. The number of carbonyl (C=O) groups is 2. The number of nitrogens with one attached hydrogen (secondary N) is 1. The van der Waals surface area contributed by atoms with E-state index in [0.717, 1.165) is 24.8 Å². The molecular formula is C17H23NO3. The van der Waals surface area contributed by atoms with Crippen molar-refractivity contribution in [1.29, 1.82) is 0 Å². The van der Waals surface area contributed by atoms with E-state index >= 15 is 0 Å². The van der Waals surface area contributed by atoms with Gasteiger partial charge in [-0.25, -0.2) is 0 Å².